The van der Waals surface area contributed by atoms with E-state index >= 15 is 0 Å². The van der Waals surface area contributed by atoms with Crippen molar-refractivity contribution in [2.75, 3.05) is 0 Å². The van der Waals surface area contributed by atoms with Crippen LogP contribution in [0.2, 0.25) is 0 Å². The highest BCUT2D eigenvalue weighted by Gasteiger charge is 2.07. The van der Waals surface area contributed by atoms with E-state index in [0.717, 1.165) is 9.97 Å². The van der Waals surface area contributed by atoms with Crippen molar-refractivity contribution in [2.24, 2.45) is 4.99 Å². The maximum absolute atomic E-state index is 10.7. The van der Waals surface area contributed by atoms with E-state index in [1.54, 1.807) is 16.6 Å². The van der Waals surface area contributed by atoms with Gasteiger partial charge in [-0.3, -0.25) is 10.1 Å². The number of nitro groups is 1. The second kappa shape index (κ2) is 4.52. The minimum atomic E-state index is -0.443. The minimum absolute atomic E-state index is 0.0152. The van der Waals surface area contributed by atoms with Crippen molar-refractivity contribution < 1.29 is 4.92 Å². The van der Waals surface area contributed by atoms with Gasteiger partial charge in [0.05, 0.1) is 10.6 Å². The summed E-state index contributed by atoms with van der Waals surface area (Å²) in [6, 6.07) is 6.16. The zero-order valence-corrected chi connectivity index (χ0v) is 11.3. The summed E-state index contributed by atoms with van der Waals surface area (Å²) in [5.41, 5.74) is 0.527. The van der Waals surface area contributed by atoms with Crippen molar-refractivity contribution in [1.82, 2.24) is 14.0 Å². The van der Waals surface area contributed by atoms with E-state index in [-0.39, 0.29) is 5.69 Å². The van der Waals surface area contributed by atoms with Crippen LogP contribution in [0, 0.1) is 17.0 Å². The van der Waals surface area contributed by atoms with Crippen molar-refractivity contribution in [3.8, 4) is 0 Å². The number of hydrogen-bond donors (Lipinski definition) is 0. The van der Waals surface area contributed by atoms with E-state index in [4.69, 9.17) is 0 Å². The van der Waals surface area contributed by atoms with E-state index in [1.165, 1.54) is 35.0 Å². The predicted octanol–water partition coefficient (Wildman–Crippen LogP) is 2.30. The molecule has 96 valence electrons. The molecule has 0 aliphatic carbocycles. The molecular formula is C10H7N5O2S2. The van der Waals surface area contributed by atoms with Crippen LogP contribution in [0.4, 0.5) is 11.4 Å². The Balaban J connectivity index is 2.14. The number of aromatic nitrogens is 3. The molecule has 0 saturated carbocycles. The van der Waals surface area contributed by atoms with Gasteiger partial charge >= 0.3 is 0 Å². The number of hydrogen-bond acceptors (Lipinski definition) is 7. The van der Waals surface area contributed by atoms with Gasteiger partial charge in [-0.1, -0.05) is 17.4 Å². The number of aryl methyl sites for hydroxylation is 1. The van der Waals surface area contributed by atoms with E-state index in [0.29, 0.717) is 10.5 Å². The summed E-state index contributed by atoms with van der Waals surface area (Å²) in [6.07, 6.45) is 0. The largest absolute Gasteiger partial charge is 0.271 e. The van der Waals surface area contributed by atoms with Crippen LogP contribution < -0.4 is 4.80 Å². The quantitative estimate of drug-likeness (QED) is 0.536. The molecule has 9 heteroatoms. The van der Waals surface area contributed by atoms with Crippen LogP contribution in [-0.4, -0.2) is 18.9 Å². The second-order valence-corrected chi connectivity index (χ2v) is 5.56. The first-order valence-electron chi connectivity index (χ1n) is 5.25. The molecule has 0 atom stereocenters. The zero-order chi connectivity index (χ0) is 13.4. The van der Waals surface area contributed by atoms with Gasteiger partial charge in [0.2, 0.25) is 9.76 Å². The maximum Gasteiger partial charge on any atom is 0.271 e. The third kappa shape index (κ3) is 2.25. The number of nitrogens with zero attached hydrogens (tertiary/aromatic N) is 5. The third-order valence-corrected chi connectivity index (χ3v) is 3.94. The molecule has 0 radical (unpaired) electrons. The van der Waals surface area contributed by atoms with E-state index < -0.39 is 4.92 Å². The van der Waals surface area contributed by atoms with Crippen LogP contribution in [0.15, 0.2) is 29.3 Å². The lowest BCUT2D eigenvalue weighted by molar-refractivity contribution is -0.384. The van der Waals surface area contributed by atoms with Gasteiger partial charge in [0.25, 0.3) is 5.69 Å². The van der Waals surface area contributed by atoms with Gasteiger partial charge in [-0.25, -0.2) is 4.99 Å². The average Bonchev–Trinajstić information content (AvgIpc) is 2.91. The molecule has 0 N–H and O–H groups in total. The molecule has 0 fully saturated rings. The molecule has 19 heavy (non-hydrogen) atoms. The Morgan fingerprint density at radius 1 is 1.47 bits per heavy atom. The molecule has 0 aliphatic heterocycles. The molecule has 7 nitrogen and oxygen atoms in total. The number of benzene rings is 1. The lowest BCUT2D eigenvalue weighted by Crippen LogP contribution is -2.06. The molecule has 0 unspecified atom stereocenters. The number of rotatable bonds is 2. The van der Waals surface area contributed by atoms with E-state index in [9.17, 15) is 10.1 Å². The molecule has 3 aromatic rings. The molecule has 3 rings (SSSR count). The summed E-state index contributed by atoms with van der Waals surface area (Å²) >= 11 is 2.69. The van der Waals surface area contributed by atoms with Crippen molar-refractivity contribution in [1.29, 1.82) is 0 Å². The Morgan fingerprint density at radius 2 is 2.32 bits per heavy atom. The fourth-order valence-electron chi connectivity index (χ4n) is 1.53. The Morgan fingerprint density at radius 3 is 3.11 bits per heavy atom. The van der Waals surface area contributed by atoms with Crippen molar-refractivity contribution in [3.05, 3.63) is 44.2 Å². The first-order valence-corrected chi connectivity index (χ1v) is 6.84. The molecule has 2 aromatic heterocycles. The van der Waals surface area contributed by atoms with Gasteiger partial charge in [-0.15, -0.1) is 0 Å². The van der Waals surface area contributed by atoms with Crippen molar-refractivity contribution >= 4 is 39.2 Å². The van der Waals surface area contributed by atoms with Crippen molar-refractivity contribution in [2.45, 2.75) is 6.92 Å². The average molecular weight is 293 g/mol. The highest BCUT2D eigenvalue weighted by molar-refractivity contribution is 7.18. The van der Waals surface area contributed by atoms with Crippen molar-refractivity contribution in [3.63, 3.8) is 0 Å². The minimum Gasteiger partial charge on any atom is -0.258 e. The third-order valence-electron chi connectivity index (χ3n) is 2.31. The first kappa shape index (κ1) is 11.9. The predicted molar refractivity (Wildman–Crippen MR) is 71.8 cm³/mol. The second-order valence-electron chi connectivity index (χ2n) is 3.67. The highest BCUT2D eigenvalue weighted by Crippen LogP contribution is 2.19. The first-order chi connectivity index (χ1) is 9.13. The fourth-order valence-corrected chi connectivity index (χ4v) is 3.04. The molecule has 0 bridgehead atoms. The van der Waals surface area contributed by atoms with Crippen LogP contribution >= 0.6 is 22.9 Å². The van der Waals surface area contributed by atoms with Crippen LogP contribution in [0.3, 0.4) is 0 Å². The van der Waals surface area contributed by atoms with E-state index in [2.05, 4.69) is 14.5 Å². The molecule has 0 aliphatic rings. The Labute approximate surface area is 114 Å². The van der Waals surface area contributed by atoms with Crippen LogP contribution in [-0.2, 0) is 0 Å². The van der Waals surface area contributed by atoms with Crippen LogP contribution in [0.25, 0.3) is 4.96 Å². The Hall–Kier alpha value is -2.13. The summed E-state index contributed by atoms with van der Waals surface area (Å²) in [6.45, 7) is 1.89. The lowest BCUT2D eigenvalue weighted by Gasteiger charge is -1.92. The molecule has 0 spiro atoms. The summed E-state index contributed by atoms with van der Waals surface area (Å²) < 4.78 is 5.87. The Bertz CT molecular complexity index is 832. The van der Waals surface area contributed by atoms with Gasteiger partial charge in [0.1, 0.15) is 5.01 Å². The molecule has 0 saturated heterocycles. The summed E-state index contributed by atoms with van der Waals surface area (Å²) in [5, 5.41) is 15.9. The summed E-state index contributed by atoms with van der Waals surface area (Å²) in [7, 11) is 0. The topological polar surface area (TPSA) is 85.7 Å². The van der Waals surface area contributed by atoms with Gasteiger partial charge in [-0.05, 0) is 13.0 Å². The van der Waals surface area contributed by atoms with Crippen LogP contribution in [0.1, 0.15) is 5.01 Å². The normalized spacial score (nSPS) is 12.2. The number of fused-ring (bicyclic) bond motifs is 1. The van der Waals surface area contributed by atoms with Gasteiger partial charge in [0, 0.05) is 23.7 Å². The SMILES string of the molecule is Cc1nn2c(=Nc3cccc([N+](=O)[O-])c3)snc2s1. The molecule has 2 heterocycles. The Kier molecular flexibility index (Phi) is 2.84. The lowest BCUT2D eigenvalue weighted by atomic mass is 10.3. The van der Waals surface area contributed by atoms with Gasteiger partial charge in [0.15, 0.2) is 0 Å². The van der Waals surface area contributed by atoms with E-state index in [1.807, 2.05) is 6.92 Å². The van der Waals surface area contributed by atoms with Gasteiger partial charge in [-0.2, -0.15) is 14.0 Å². The highest BCUT2D eigenvalue weighted by atomic mass is 32.1. The molecule has 0 amide bonds. The molecular weight excluding hydrogens is 286 g/mol. The maximum atomic E-state index is 10.7. The zero-order valence-electron chi connectivity index (χ0n) is 9.68. The monoisotopic (exact) mass is 293 g/mol. The summed E-state index contributed by atoms with van der Waals surface area (Å²) in [5.74, 6) is 0. The molecule has 1 aromatic carbocycles. The van der Waals surface area contributed by atoms with Crippen LogP contribution in [0.5, 0.6) is 0 Å². The number of nitro benzene ring substituents is 1. The number of non-ortho nitro benzene ring substituents is 1. The fraction of sp³-hybridized carbons (Fsp3) is 0.100. The summed E-state index contributed by atoms with van der Waals surface area (Å²) in [4.78, 5) is 16.0. The van der Waals surface area contributed by atoms with Gasteiger partial charge < -0.3 is 0 Å². The standard InChI is InChI=1S/C10H7N5O2S2/c1-6-12-14-9(19-13-10(14)18-6)11-7-3-2-4-8(5-7)15(16)17/h2-5H,1H3. The smallest absolute Gasteiger partial charge is 0.258 e.